The van der Waals surface area contributed by atoms with Gasteiger partial charge in [0.1, 0.15) is 0 Å². The zero-order valence-corrected chi connectivity index (χ0v) is 11.7. The zero-order valence-electron chi connectivity index (χ0n) is 11.7. The molecule has 0 spiro atoms. The second-order valence-electron chi connectivity index (χ2n) is 4.85. The van der Waals surface area contributed by atoms with Gasteiger partial charge in [0.05, 0.1) is 19.3 Å². The molecule has 0 saturated heterocycles. The third-order valence-electron chi connectivity index (χ3n) is 3.60. The van der Waals surface area contributed by atoms with E-state index in [0.717, 1.165) is 19.6 Å². The summed E-state index contributed by atoms with van der Waals surface area (Å²) >= 11 is 0. The summed E-state index contributed by atoms with van der Waals surface area (Å²) in [5.41, 5.74) is 2.61. The molecule has 1 N–H and O–H groups in total. The minimum atomic E-state index is 0.0599. The molecule has 1 atom stereocenters. The number of benzene rings is 1. The van der Waals surface area contributed by atoms with E-state index in [9.17, 15) is 4.79 Å². The van der Waals surface area contributed by atoms with Gasteiger partial charge in [-0.1, -0.05) is 24.3 Å². The van der Waals surface area contributed by atoms with Crippen molar-refractivity contribution in [3.63, 3.8) is 0 Å². The van der Waals surface area contributed by atoms with E-state index in [1.54, 1.807) is 4.90 Å². The van der Waals surface area contributed by atoms with Crippen molar-refractivity contribution >= 4 is 5.91 Å². The molecule has 0 radical (unpaired) electrons. The number of amides is 1. The van der Waals surface area contributed by atoms with Gasteiger partial charge in [0.2, 0.25) is 5.91 Å². The number of ether oxygens (including phenoxy) is 1. The van der Waals surface area contributed by atoms with Gasteiger partial charge in [0.25, 0.3) is 0 Å². The van der Waals surface area contributed by atoms with Crippen LogP contribution in [0.4, 0.5) is 0 Å². The van der Waals surface area contributed by atoms with Gasteiger partial charge < -0.3 is 15.0 Å². The third kappa shape index (κ3) is 3.55. The van der Waals surface area contributed by atoms with Gasteiger partial charge in [0, 0.05) is 20.1 Å². The zero-order chi connectivity index (χ0) is 13.7. The molecule has 1 aliphatic rings. The molecule has 0 aromatic heterocycles. The molecule has 1 aromatic carbocycles. The van der Waals surface area contributed by atoms with Gasteiger partial charge >= 0.3 is 0 Å². The maximum absolute atomic E-state index is 11.7. The van der Waals surface area contributed by atoms with E-state index < -0.39 is 0 Å². The highest BCUT2D eigenvalue weighted by Gasteiger charge is 2.20. The average Bonchev–Trinajstić information content (AvgIpc) is 2.46. The number of hydrogen-bond acceptors (Lipinski definition) is 3. The van der Waals surface area contributed by atoms with Crippen molar-refractivity contribution < 1.29 is 9.53 Å². The molecule has 1 amide bonds. The van der Waals surface area contributed by atoms with Crippen LogP contribution < -0.4 is 5.32 Å². The molecule has 19 heavy (non-hydrogen) atoms. The predicted molar refractivity (Wildman–Crippen MR) is 75.0 cm³/mol. The standard InChI is InChI=1S/C15H22N2O2/c1-3-17(2)15(18)11-16-10-14-13-7-5-4-6-12(13)8-9-19-14/h4-7,14,16H,3,8-11H2,1-2H3. The summed E-state index contributed by atoms with van der Waals surface area (Å²) < 4.78 is 5.79. The summed E-state index contributed by atoms with van der Waals surface area (Å²) in [4.78, 5) is 13.4. The Morgan fingerprint density at radius 3 is 3.05 bits per heavy atom. The summed E-state index contributed by atoms with van der Waals surface area (Å²) in [6.07, 6.45) is 1.04. The number of likely N-dealkylation sites (N-methyl/N-ethyl adjacent to an activating group) is 1. The van der Waals surface area contributed by atoms with Crippen LogP contribution in [0.15, 0.2) is 24.3 Å². The van der Waals surface area contributed by atoms with Crippen LogP contribution >= 0.6 is 0 Å². The molecule has 2 rings (SSSR count). The number of fused-ring (bicyclic) bond motifs is 1. The highest BCUT2D eigenvalue weighted by molar-refractivity contribution is 5.77. The molecule has 1 aliphatic heterocycles. The van der Waals surface area contributed by atoms with E-state index in [0.29, 0.717) is 13.1 Å². The molecule has 0 bridgehead atoms. The van der Waals surface area contributed by atoms with E-state index in [1.807, 2.05) is 20.0 Å². The van der Waals surface area contributed by atoms with Gasteiger partial charge in [-0.15, -0.1) is 0 Å². The molecule has 104 valence electrons. The van der Waals surface area contributed by atoms with Crippen LogP contribution in [0.3, 0.4) is 0 Å². The molecule has 1 aromatic rings. The predicted octanol–water partition coefficient (Wildman–Crippen LogP) is 1.37. The summed E-state index contributed by atoms with van der Waals surface area (Å²) in [7, 11) is 1.82. The maximum Gasteiger partial charge on any atom is 0.236 e. The first-order valence-corrected chi connectivity index (χ1v) is 6.86. The quantitative estimate of drug-likeness (QED) is 0.871. The van der Waals surface area contributed by atoms with Crippen molar-refractivity contribution in [3.8, 4) is 0 Å². The van der Waals surface area contributed by atoms with E-state index >= 15 is 0 Å². The van der Waals surface area contributed by atoms with Crippen molar-refractivity contribution in [3.05, 3.63) is 35.4 Å². The van der Waals surface area contributed by atoms with E-state index in [2.05, 4.69) is 23.5 Å². The van der Waals surface area contributed by atoms with Gasteiger partial charge in [0.15, 0.2) is 0 Å². The Kier molecular flexibility index (Phi) is 4.93. The first-order chi connectivity index (χ1) is 9.22. The fourth-order valence-corrected chi connectivity index (χ4v) is 2.27. The van der Waals surface area contributed by atoms with Gasteiger partial charge in [-0.3, -0.25) is 4.79 Å². The van der Waals surface area contributed by atoms with Gasteiger partial charge in [-0.2, -0.15) is 0 Å². The Balaban J connectivity index is 1.86. The number of rotatable bonds is 5. The lowest BCUT2D eigenvalue weighted by Gasteiger charge is -2.26. The third-order valence-corrected chi connectivity index (χ3v) is 3.60. The van der Waals surface area contributed by atoms with E-state index in [4.69, 9.17) is 4.74 Å². The Morgan fingerprint density at radius 1 is 1.47 bits per heavy atom. The molecule has 0 fully saturated rings. The minimum Gasteiger partial charge on any atom is -0.372 e. The second kappa shape index (κ2) is 6.68. The topological polar surface area (TPSA) is 41.6 Å². The van der Waals surface area contributed by atoms with Crippen LogP contribution in [-0.4, -0.2) is 44.1 Å². The Morgan fingerprint density at radius 2 is 2.26 bits per heavy atom. The highest BCUT2D eigenvalue weighted by Crippen LogP contribution is 2.25. The molecule has 1 unspecified atom stereocenters. The van der Waals surface area contributed by atoms with Crippen LogP contribution in [0.2, 0.25) is 0 Å². The van der Waals surface area contributed by atoms with Crippen LogP contribution in [0.25, 0.3) is 0 Å². The van der Waals surface area contributed by atoms with Crippen molar-refractivity contribution in [1.29, 1.82) is 0 Å². The number of nitrogens with one attached hydrogen (secondary N) is 1. The van der Waals surface area contributed by atoms with Crippen molar-refractivity contribution in [1.82, 2.24) is 10.2 Å². The van der Waals surface area contributed by atoms with Crippen molar-refractivity contribution in [2.45, 2.75) is 19.4 Å². The number of carbonyl (C=O) groups excluding carboxylic acids is 1. The summed E-state index contributed by atoms with van der Waals surface area (Å²) in [6, 6.07) is 8.37. The van der Waals surface area contributed by atoms with Crippen LogP contribution in [-0.2, 0) is 16.0 Å². The summed E-state index contributed by atoms with van der Waals surface area (Å²) in [6.45, 7) is 4.51. The molecule has 0 aliphatic carbocycles. The molecule has 1 heterocycles. The second-order valence-corrected chi connectivity index (χ2v) is 4.85. The Labute approximate surface area is 114 Å². The highest BCUT2D eigenvalue weighted by atomic mass is 16.5. The lowest BCUT2D eigenvalue weighted by Crippen LogP contribution is -2.37. The summed E-state index contributed by atoms with van der Waals surface area (Å²) in [5, 5.41) is 3.19. The first-order valence-electron chi connectivity index (χ1n) is 6.86. The average molecular weight is 262 g/mol. The van der Waals surface area contributed by atoms with Gasteiger partial charge in [-0.25, -0.2) is 0 Å². The Hall–Kier alpha value is -1.39. The first kappa shape index (κ1) is 14.0. The molecule has 4 heteroatoms. The van der Waals surface area contributed by atoms with Crippen LogP contribution in [0.1, 0.15) is 24.2 Å². The molecule has 0 saturated carbocycles. The van der Waals surface area contributed by atoms with Crippen LogP contribution in [0.5, 0.6) is 0 Å². The number of carbonyl (C=O) groups is 1. The monoisotopic (exact) mass is 262 g/mol. The molecular formula is C15H22N2O2. The minimum absolute atomic E-state index is 0.0599. The molecular weight excluding hydrogens is 240 g/mol. The SMILES string of the molecule is CCN(C)C(=O)CNCC1OCCc2ccccc21. The lowest BCUT2D eigenvalue weighted by atomic mass is 9.97. The van der Waals surface area contributed by atoms with E-state index in [-0.39, 0.29) is 12.0 Å². The lowest BCUT2D eigenvalue weighted by molar-refractivity contribution is -0.128. The number of hydrogen-bond donors (Lipinski definition) is 1. The van der Waals surface area contributed by atoms with Crippen molar-refractivity contribution in [2.75, 3.05) is 33.3 Å². The number of nitrogens with zero attached hydrogens (tertiary/aromatic N) is 1. The molecule has 4 nitrogen and oxygen atoms in total. The largest absolute Gasteiger partial charge is 0.372 e. The Bertz CT molecular complexity index is 434. The smallest absolute Gasteiger partial charge is 0.236 e. The maximum atomic E-state index is 11.7. The van der Waals surface area contributed by atoms with Gasteiger partial charge in [-0.05, 0) is 24.5 Å². The fraction of sp³-hybridized carbons (Fsp3) is 0.533. The van der Waals surface area contributed by atoms with Crippen molar-refractivity contribution in [2.24, 2.45) is 0 Å². The van der Waals surface area contributed by atoms with Crippen LogP contribution in [0, 0.1) is 0 Å². The van der Waals surface area contributed by atoms with E-state index in [1.165, 1.54) is 11.1 Å². The fourth-order valence-electron chi connectivity index (χ4n) is 2.27. The summed E-state index contributed by atoms with van der Waals surface area (Å²) in [5.74, 6) is 0.117. The normalized spacial score (nSPS) is 17.9.